The van der Waals surface area contributed by atoms with Crippen LogP contribution in [0.2, 0.25) is 0 Å². The van der Waals surface area contributed by atoms with Crippen LogP contribution in [0.5, 0.6) is 0 Å². The number of esters is 3. The molecular formula is C76H136O6. The third-order valence-corrected chi connectivity index (χ3v) is 16.0. The Morgan fingerprint density at radius 3 is 0.744 bits per heavy atom. The van der Waals surface area contributed by atoms with Gasteiger partial charge in [-0.1, -0.05) is 357 Å². The van der Waals surface area contributed by atoms with E-state index in [1.165, 1.54) is 238 Å². The average molecular weight is 1150 g/mol. The van der Waals surface area contributed by atoms with Crippen LogP contribution < -0.4 is 0 Å². The van der Waals surface area contributed by atoms with E-state index in [1.807, 2.05) is 0 Å². The molecule has 0 aliphatic heterocycles. The number of rotatable bonds is 66. The molecule has 82 heavy (non-hydrogen) atoms. The number of unbranched alkanes of at least 4 members (excludes halogenated alkanes) is 43. The number of ether oxygens (including phenoxy) is 3. The van der Waals surface area contributed by atoms with E-state index >= 15 is 0 Å². The maximum atomic E-state index is 12.9. The SMILES string of the molecule is CC/C=C\C/C=C\C/C=C\C/C=C\C/C=C\C/C=C\CCCCC(=O)OC(COC(=O)CCCCCCCCCCCCCCCCCC)COC(=O)CCCCCCCCCCCCCCCCCCCCCCCCCCCCC. The fourth-order valence-electron chi connectivity index (χ4n) is 10.6. The van der Waals surface area contributed by atoms with Gasteiger partial charge in [-0.25, -0.2) is 0 Å². The van der Waals surface area contributed by atoms with Crippen molar-refractivity contribution in [3.05, 3.63) is 72.9 Å². The van der Waals surface area contributed by atoms with Crippen molar-refractivity contribution in [3.63, 3.8) is 0 Å². The summed E-state index contributed by atoms with van der Waals surface area (Å²) in [7, 11) is 0. The van der Waals surface area contributed by atoms with E-state index in [0.29, 0.717) is 19.3 Å². The van der Waals surface area contributed by atoms with E-state index in [2.05, 4.69) is 93.7 Å². The summed E-state index contributed by atoms with van der Waals surface area (Å²) >= 11 is 0. The molecule has 1 atom stereocenters. The zero-order valence-corrected chi connectivity index (χ0v) is 54.8. The van der Waals surface area contributed by atoms with Crippen LogP contribution in [-0.4, -0.2) is 37.2 Å². The van der Waals surface area contributed by atoms with Crippen molar-refractivity contribution < 1.29 is 28.6 Å². The van der Waals surface area contributed by atoms with E-state index in [4.69, 9.17) is 14.2 Å². The van der Waals surface area contributed by atoms with Crippen LogP contribution in [0.1, 0.15) is 374 Å². The minimum absolute atomic E-state index is 0.0883. The standard InChI is InChI=1S/C76H136O6/c1-4-7-10-13-16-19-22-25-28-31-33-35-36-37-38-39-40-42-43-45-48-51-54-57-60-63-66-69-75(78)81-72-73(71-80-74(77)68-65-62-59-56-53-50-47-30-27-24-21-18-15-12-9-6-3)82-76(79)70-67-64-61-58-55-52-49-46-44-41-34-32-29-26-23-20-17-14-11-8-5-2/h8,11,17,20,26,29,34,41,46,49,55,58,73H,4-7,9-10,12-16,18-19,21-25,27-28,30-33,35-40,42-45,47-48,50-54,56-57,59-72H2,1-3H3/b11-8-,20-17-,29-26-,41-34-,49-46-,58-55-. The highest BCUT2D eigenvalue weighted by Crippen LogP contribution is 2.18. The average Bonchev–Trinajstić information content (AvgIpc) is 3.48. The predicted octanol–water partition coefficient (Wildman–Crippen LogP) is 24.8. The molecule has 0 bridgehead atoms. The fraction of sp³-hybridized carbons (Fsp3) is 0.803. The maximum absolute atomic E-state index is 12.9. The van der Waals surface area contributed by atoms with Crippen LogP contribution in [0.25, 0.3) is 0 Å². The Morgan fingerprint density at radius 1 is 0.256 bits per heavy atom. The first kappa shape index (κ1) is 78.8. The summed E-state index contributed by atoms with van der Waals surface area (Å²) in [5.74, 6) is -0.908. The van der Waals surface area contributed by atoms with Crippen LogP contribution in [0.15, 0.2) is 72.9 Å². The molecule has 0 radical (unpaired) electrons. The molecule has 0 rings (SSSR count). The molecular weight excluding hydrogens is 1010 g/mol. The van der Waals surface area contributed by atoms with E-state index in [9.17, 15) is 14.4 Å². The van der Waals surface area contributed by atoms with Crippen LogP contribution in [-0.2, 0) is 28.6 Å². The van der Waals surface area contributed by atoms with Gasteiger partial charge in [-0.2, -0.15) is 0 Å². The van der Waals surface area contributed by atoms with Crippen molar-refractivity contribution in [1.82, 2.24) is 0 Å². The summed E-state index contributed by atoms with van der Waals surface area (Å²) in [5.41, 5.74) is 0. The van der Waals surface area contributed by atoms with Gasteiger partial charge in [-0.15, -0.1) is 0 Å². The lowest BCUT2D eigenvalue weighted by molar-refractivity contribution is -0.167. The molecule has 476 valence electrons. The lowest BCUT2D eigenvalue weighted by Gasteiger charge is -2.18. The minimum atomic E-state index is -0.798. The third kappa shape index (κ3) is 67.6. The molecule has 0 aromatic carbocycles. The van der Waals surface area contributed by atoms with E-state index < -0.39 is 6.10 Å². The van der Waals surface area contributed by atoms with Gasteiger partial charge >= 0.3 is 17.9 Å². The first-order chi connectivity index (χ1) is 40.5. The highest BCUT2D eigenvalue weighted by molar-refractivity contribution is 5.71. The molecule has 0 fully saturated rings. The normalized spacial score (nSPS) is 12.5. The van der Waals surface area contributed by atoms with Crippen LogP contribution >= 0.6 is 0 Å². The second-order valence-electron chi connectivity index (χ2n) is 24.1. The number of carbonyl (C=O) groups excluding carboxylic acids is 3. The molecule has 0 aromatic rings. The molecule has 0 heterocycles. The van der Waals surface area contributed by atoms with Crippen molar-refractivity contribution in [3.8, 4) is 0 Å². The van der Waals surface area contributed by atoms with Gasteiger partial charge < -0.3 is 14.2 Å². The molecule has 0 aliphatic rings. The van der Waals surface area contributed by atoms with Crippen molar-refractivity contribution >= 4 is 17.9 Å². The largest absolute Gasteiger partial charge is 0.462 e. The molecule has 0 aromatic heterocycles. The number of carbonyl (C=O) groups is 3. The monoisotopic (exact) mass is 1150 g/mol. The Bertz CT molecular complexity index is 1500. The van der Waals surface area contributed by atoms with Gasteiger partial charge in [-0.3, -0.25) is 14.4 Å². The Balaban J connectivity index is 4.33. The fourth-order valence-corrected chi connectivity index (χ4v) is 10.6. The number of hydrogen-bond donors (Lipinski definition) is 0. The van der Waals surface area contributed by atoms with Crippen LogP contribution in [0.3, 0.4) is 0 Å². The maximum Gasteiger partial charge on any atom is 0.306 e. The number of hydrogen-bond acceptors (Lipinski definition) is 6. The van der Waals surface area contributed by atoms with Gasteiger partial charge in [0.15, 0.2) is 6.10 Å². The smallest absolute Gasteiger partial charge is 0.306 e. The molecule has 1 unspecified atom stereocenters. The summed E-state index contributed by atoms with van der Waals surface area (Å²) in [4.78, 5) is 38.5. The van der Waals surface area contributed by atoms with Gasteiger partial charge in [0.1, 0.15) is 13.2 Å². The summed E-state index contributed by atoms with van der Waals surface area (Å²) in [5, 5.41) is 0. The zero-order valence-electron chi connectivity index (χ0n) is 54.8. The highest BCUT2D eigenvalue weighted by Gasteiger charge is 2.19. The Hall–Kier alpha value is -3.15. The van der Waals surface area contributed by atoms with Gasteiger partial charge in [0.25, 0.3) is 0 Å². The van der Waals surface area contributed by atoms with Crippen LogP contribution in [0.4, 0.5) is 0 Å². The summed E-state index contributed by atoms with van der Waals surface area (Å²) < 4.78 is 17.0. The summed E-state index contributed by atoms with van der Waals surface area (Å²) in [6.07, 6.45) is 92.3. The second kappa shape index (κ2) is 70.3. The van der Waals surface area contributed by atoms with Gasteiger partial charge in [-0.05, 0) is 70.6 Å². The summed E-state index contributed by atoms with van der Waals surface area (Å²) in [6, 6.07) is 0. The van der Waals surface area contributed by atoms with E-state index in [0.717, 1.165) is 89.9 Å². The Morgan fingerprint density at radius 2 is 0.476 bits per heavy atom. The molecule has 0 N–H and O–H groups in total. The molecule has 0 saturated carbocycles. The quantitative estimate of drug-likeness (QED) is 0.0261. The molecule has 0 saturated heterocycles. The van der Waals surface area contributed by atoms with E-state index in [-0.39, 0.29) is 37.5 Å². The second-order valence-corrected chi connectivity index (χ2v) is 24.1. The lowest BCUT2D eigenvalue weighted by atomic mass is 10.0. The van der Waals surface area contributed by atoms with Gasteiger partial charge in [0.2, 0.25) is 0 Å². The molecule has 0 amide bonds. The minimum Gasteiger partial charge on any atom is -0.462 e. The molecule has 0 aliphatic carbocycles. The van der Waals surface area contributed by atoms with Crippen molar-refractivity contribution in [2.24, 2.45) is 0 Å². The summed E-state index contributed by atoms with van der Waals surface area (Å²) in [6.45, 7) is 6.56. The van der Waals surface area contributed by atoms with E-state index in [1.54, 1.807) is 0 Å². The van der Waals surface area contributed by atoms with Crippen molar-refractivity contribution in [1.29, 1.82) is 0 Å². The predicted molar refractivity (Wildman–Crippen MR) is 358 cm³/mol. The lowest BCUT2D eigenvalue weighted by Crippen LogP contribution is -2.30. The Labute approximate surface area is 510 Å². The van der Waals surface area contributed by atoms with Gasteiger partial charge in [0, 0.05) is 19.3 Å². The highest BCUT2D eigenvalue weighted by atomic mass is 16.6. The topological polar surface area (TPSA) is 78.9 Å². The van der Waals surface area contributed by atoms with Gasteiger partial charge in [0.05, 0.1) is 0 Å². The first-order valence-corrected chi connectivity index (χ1v) is 35.9. The van der Waals surface area contributed by atoms with Crippen LogP contribution in [0, 0.1) is 0 Å². The van der Waals surface area contributed by atoms with Crippen molar-refractivity contribution in [2.45, 2.75) is 380 Å². The zero-order chi connectivity index (χ0) is 59.2. The molecule has 6 nitrogen and oxygen atoms in total. The van der Waals surface area contributed by atoms with Crippen molar-refractivity contribution in [2.75, 3.05) is 13.2 Å². The third-order valence-electron chi connectivity index (χ3n) is 16.0. The Kier molecular flexibility index (Phi) is 67.6. The first-order valence-electron chi connectivity index (χ1n) is 35.9. The number of allylic oxidation sites excluding steroid dienone is 12. The molecule has 6 heteroatoms. The molecule has 0 spiro atoms.